The SMILES string of the molecule is CC(C)NC[C@@H](C)Oc1cccc(/C=C/C(=O)C(C)C)c1. The van der Waals surface area contributed by atoms with Gasteiger partial charge >= 0.3 is 0 Å². The average Bonchev–Trinajstić information content (AvgIpc) is 2.42. The van der Waals surface area contributed by atoms with Crippen molar-refractivity contribution in [2.45, 2.75) is 46.8 Å². The lowest BCUT2D eigenvalue weighted by Crippen LogP contribution is -2.33. The number of hydrogen-bond donors (Lipinski definition) is 1. The third-order valence-electron chi connectivity index (χ3n) is 3.02. The Morgan fingerprint density at radius 1 is 1.24 bits per heavy atom. The first kappa shape index (κ1) is 17.4. The van der Waals surface area contributed by atoms with Crippen LogP contribution in [0.15, 0.2) is 30.3 Å². The molecule has 0 bridgehead atoms. The molecule has 0 aliphatic rings. The highest BCUT2D eigenvalue weighted by molar-refractivity contribution is 5.94. The summed E-state index contributed by atoms with van der Waals surface area (Å²) < 4.78 is 5.88. The lowest BCUT2D eigenvalue weighted by atomic mass is 10.1. The second kappa shape index (κ2) is 8.63. The molecular formula is C18H27NO2. The van der Waals surface area contributed by atoms with Gasteiger partial charge in [-0.1, -0.05) is 45.9 Å². The third kappa shape index (κ3) is 7.09. The van der Waals surface area contributed by atoms with Gasteiger partial charge in [-0.25, -0.2) is 0 Å². The van der Waals surface area contributed by atoms with E-state index in [0.717, 1.165) is 17.9 Å². The Kier molecular flexibility index (Phi) is 7.17. The number of benzene rings is 1. The predicted molar refractivity (Wildman–Crippen MR) is 88.5 cm³/mol. The summed E-state index contributed by atoms with van der Waals surface area (Å²) in [6.45, 7) is 10.9. The molecule has 0 spiro atoms. The number of carbonyl (C=O) groups excluding carboxylic acids is 1. The molecule has 21 heavy (non-hydrogen) atoms. The van der Waals surface area contributed by atoms with E-state index in [1.165, 1.54) is 0 Å². The van der Waals surface area contributed by atoms with Crippen LogP contribution in [-0.4, -0.2) is 24.5 Å². The monoisotopic (exact) mass is 289 g/mol. The lowest BCUT2D eigenvalue weighted by Gasteiger charge is -2.17. The van der Waals surface area contributed by atoms with Crippen molar-refractivity contribution in [3.05, 3.63) is 35.9 Å². The number of carbonyl (C=O) groups is 1. The van der Waals surface area contributed by atoms with Gasteiger partial charge in [0.05, 0.1) is 0 Å². The molecule has 3 nitrogen and oxygen atoms in total. The molecule has 0 saturated heterocycles. The average molecular weight is 289 g/mol. The highest BCUT2D eigenvalue weighted by atomic mass is 16.5. The van der Waals surface area contributed by atoms with Crippen LogP contribution in [0.2, 0.25) is 0 Å². The number of nitrogens with one attached hydrogen (secondary N) is 1. The molecule has 0 aliphatic carbocycles. The van der Waals surface area contributed by atoms with Crippen LogP contribution in [0.3, 0.4) is 0 Å². The molecule has 0 fully saturated rings. The second-order valence-corrected chi connectivity index (χ2v) is 5.95. The number of ketones is 1. The van der Waals surface area contributed by atoms with Gasteiger partial charge in [0.2, 0.25) is 0 Å². The van der Waals surface area contributed by atoms with E-state index in [-0.39, 0.29) is 17.8 Å². The maximum absolute atomic E-state index is 11.6. The number of allylic oxidation sites excluding steroid dienone is 1. The van der Waals surface area contributed by atoms with Crippen LogP contribution in [0, 0.1) is 5.92 Å². The fourth-order valence-electron chi connectivity index (χ4n) is 1.74. The maximum atomic E-state index is 11.6. The molecular weight excluding hydrogens is 262 g/mol. The Labute approximate surface area is 128 Å². The largest absolute Gasteiger partial charge is 0.489 e. The first-order chi connectivity index (χ1) is 9.88. The van der Waals surface area contributed by atoms with Crippen molar-refractivity contribution in [2.24, 2.45) is 5.92 Å². The maximum Gasteiger partial charge on any atom is 0.158 e. The summed E-state index contributed by atoms with van der Waals surface area (Å²) in [6, 6.07) is 8.25. The summed E-state index contributed by atoms with van der Waals surface area (Å²) in [5.74, 6) is 0.992. The van der Waals surface area contributed by atoms with Gasteiger partial charge in [-0.3, -0.25) is 4.79 Å². The molecule has 0 aromatic heterocycles. The minimum atomic E-state index is 0.0304. The van der Waals surface area contributed by atoms with E-state index < -0.39 is 0 Å². The quantitative estimate of drug-likeness (QED) is 0.742. The van der Waals surface area contributed by atoms with Gasteiger partial charge in [-0.15, -0.1) is 0 Å². The Morgan fingerprint density at radius 3 is 2.57 bits per heavy atom. The van der Waals surface area contributed by atoms with Gasteiger partial charge in [0.25, 0.3) is 0 Å². The van der Waals surface area contributed by atoms with E-state index in [4.69, 9.17) is 4.74 Å². The number of rotatable bonds is 8. The fraction of sp³-hybridized carbons (Fsp3) is 0.500. The van der Waals surface area contributed by atoms with E-state index in [2.05, 4.69) is 19.2 Å². The van der Waals surface area contributed by atoms with Gasteiger partial charge < -0.3 is 10.1 Å². The van der Waals surface area contributed by atoms with Gasteiger partial charge in [0, 0.05) is 18.5 Å². The third-order valence-corrected chi connectivity index (χ3v) is 3.02. The zero-order valence-corrected chi connectivity index (χ0v) is 13.7. The first-order valence-electron chi connectivity index (χ1n) is 7.60. The molecule has 0 heterocycles. The van der Waals surface area contributed by atoms with Crippen molar-refractivity contribution in [3.8, 4) is 5.75 Å². The summed E-state index contributed by atoms with van der Waals surface area (Å²) in [4.78, 5) is 11.6. The summed E-state index contributed by atoms with van der Waals surface area (Å²) >= 11 is 0. The van der Waals surface area contributed by atoms with Crippen molar-refractivity contribution in [2.75, 3.05) is 6.54 Å². The van der Waals surface area contributed by atoms with E-state index in [1.54, 1.807) is 6.08 Å². The van der Waals surface area contributed by atoms with E-state index in [9.17, 15) is 4.79 Å². The van der Waals surface area contributed by atoms with Gasteiger partial charge in [0.1, 0.15) is 11.9 Å². The smallest absolute Gasteiger partial charge is 0.158 e. The molecule has 1 aromatic carbocycles. The minimum absolute atomic E-state index is 0.0304. The Balaban J connectivity index is 2.62. The molecule has 0 unspecified atom stereocenters. The normalized spacial score (nSPS) is 13.1. The van der Waals surface area contributed by atoms with Crippen molar-refractivity contribution < 1.29 is 9.53 Å². The van der Waals surface area contributed by atoms with Crippen LogP contribution in [0.4, 0.5) is 0 Å². The molecule has 1 atom stereocenters. The molecule has 1 rings (SSSR count). The van der Waals surface area contributed by atoms with Crippen molar-refractivity contribution in [3.63, 3.8) is 0 Å². The van der Waals surface area contributed by atoms with E-state index in [1.807, 2.05) is 51.1 Å². The Morgan fingerprint density at radius 2 is 1.95 bits per heavy atom. The van der Waals surface area contributed by atoms with Crippen LogP contribution in [-0.2, 0) is 4.79 Å². The molecule has 0 saturated carbocycles. The molecule has 1 aromatic rings. The lowest BCUT2D eigenvalue weighted by molar-refractivity contribution is -0.117. The van der Waals surface area contributed by atoms with Crippen LogP contribution in [0.5, 0.6) is 5.75 Å². The van der Waals surface area contributed by atoms with Crippen LogP contribution < -0.4 is 10.1 Å². The summed E-state index contributed by atoms with van der Waals surface area (Å²) in [6.07, 6.45) is 3.57. The molecule has 0 amide bonds. The molecule has 0 aliphatic heterocycles. The highest BCUT2D eigenvalue weighted by Gasteiger charge is 2.05. The first-order valence-corrected chi connectivity index (χ1v) is 7.60. The predicted octanol–water partition coefficient (Wildman–Crippen LogP) is 3.69. The van der Waals surface area contributed by atoms with Crippen LogP contribution in [0.1, 0.15) is 40.2 Å². The summed E-state index contributed by atoms with van der Waals surface area (Å²) in [5.41, 5.74) is 0.977. The zero-order valence-electron chi connectivity index (χ0n) is 13.7. The fourth-order valence-corrected chi connectivity index (χ4v) is 1.74. The van der Waals surface area contributed by atoms with Gasteiger partial charge in [-0.2, -0.15) is 0 Å². The van der Waals surface area contributed by atoms with Crippen molar-refractivity contribution >= 4 is 11.9 Å². The van der Waals surface area contributed by atoms with E-state index >= 15 is 0 Å². The van der Waals surface area contributed by atoms with E-state index in [0.29, 0.717) is 6.04 Å². The number of hydrogen-bond acceptors (Lipinski definition) is 3. The topological polar surface area (TPSA) is 38.3 Å². The Bertz CT molecular complexity index is 478. The molecule has 0 radical (unpaired) electrons. The standard InChI is InChI=1S/C18H27NO2/c1-13(2)18(20)10-9-16-7-6-8-17(11-16)21-15(5)12-19-14(3)4/h6-11,13-15,19H,12H2,1-5H3/b10-9+/t15-/m1/s1. The van der Waals surface area contributed by atoms with Crippen molar-refractivity contribution in [1.82, 2.24) is 5.32 Å². The molecule has 1 N–H and O–H groups in total. The second-order valence-electron chi connectivity index (χ2n) is 5.95. The van der Waals surface area contributed by atoms with Crippen molar-refractivity contribution in [1.29, 1.82) is 0 Å². The summed E-state index contributed by atoms with van der Waals surface area (Å²) in [5, 5.41) is 3.35. The Hall–Kier alpha value is -1.61. The van der Waals surface area contributed by atoms with Gasteiger partial charge in [-0.05, 0) is 30.7 Å². The minimum Gasteiger partial charge on any atom is -0.489 e. The van der Waals surface area contributed by atoms with Crippen LogP contribution in [0.25, 0.3) is 6.08 Å². The molecule has 116 valence electrons. The highest BCUT2D eigenvalue weighted by Crippen LogP contribution is 2.16. The zero-order chi connectivity index (χ0) is 15.8. The van der Waals surface area contributed by atoms with Crippen LogP contribution >= 0.6 is 0 Å². The summed E-state index contributed by atoms with van der Waals surface area (Å²) in [7, 11) is 0. The van der Waals surface area contributed by atoms with Gasteiger partial charge in [0.15, 0.2) is 5.78 Å². The number of ether oxygens (including phenoxy) is 1. The molecule has 3 heteroatoms.